The molecule has 1 heterocycles. The van der Waals surface area contributed by atoms with E-state index in [1.165, 1.54) is 4.68 Å². The molecule has 1 aromatic heterocycles. The van der Waals surface area contributed by atoms with Crippen molar-refractivity contribution < 1.29 is 14.4 Å². The van der Waals surface area contributed by atoms with Gasteiger partial charge in [0.15, 0.2) is 0 Å². The minimum absolute atomic E-state index is 0.115. The lowest BCUT2D eigenvalue weighted by molar-refractivity contribution is -0.133. The van der Waals surface area contributed by atoms with Crippen LogP contribution in [0.1, 0.15) is 21.6 Å². The van der Waals surface area contributed by atoms with Crippen molar-refractivity contribution in [2.75, 3.05) is 16.1 Å². The van der Waals surface area contributed by atoms with Crippen molar-refractivity contribution in [3.05, 3.63) is 92.0 Å². The van der Waals surface area contributed by atoms with E-state index in [-0.39, 0.29) is 5.69 Å². The van der Waals surface area contributed by atoms with E-state index in [2.05, 4.69) is 32.0 Å². The van der Waals surface area contributed by atoms with Crippen molar-refractivity contribution in [3.8, 4) is 0 Å². The summed E-state index contributed by atoms with van der Waals surface area (Å²) in [4.78, 5) is 38.5. The fourth-order valence-electron chi connectivity index (χ4n) is 3.44. The van der Waals surface area contributed by atoms with Crippen LogP contribution in [-0.2, 0) is 9.59 Å². The number of aromatic nitrogens is 1. The first-order chi connectivity index (χ1) is 16.6. The molecule has 178 valence electrons. The van der Waals surface area contributed by atoms with Gasteiger partial charge in [0.2, 0.25) is 0 Å². The summed E-state index contributed by atoms with van der Waals surface area (Å²) in [6.45, 7) is 3.69. The van der Waals surface area contributed by atoms with Crippen LogP contribution in [-0.4, -0.2) is 22.4 Å². The molecule has 7 nitrogen and oxygen atoms in total. The number of aryl methyl sites for hydroxylation is 2. The Labute approximate surface area is 219 Å². The summed E-state index contributed by atoms with van der Waals surface area (Å²) >= 11 is 15.6. The number of anilines is 2. The molecule has 0 aliphatic carbocycles. The van der Waals surface area contributed by atoms with Gasteiger partial charge in [0.1, 0.15) is 5.69 Å². The molecule has 0 radical (unpaired) electrons. The Morgan fingerprint density at radius 2 is 1.60 bits per heavy atom. The summed E-state index contributed by atoms with van der Waals surface area (Å²) in [6, 6.07) is 16.9. The maximum absolute atomic E-state index is 13.2. The van der Waals surface area contributed by atoms with Crippen LogP contribution in [0, 0.1) is 13.8 Å². The number of carbonyl (C=O) groups is 3. The first kappa shape index (κ1) is 24.8. The Balaban J connectivity index is 1.63. The molecular formula is C25H19BrCl2N4O3. The van der Waals surface area contributed by atoms with Crippen molar-refractivity contribution >= 4 is 79.1 Å². The Bertz CT molecular complexity index is 1500. The Kier molecular flexibility index (Phi) is 7.16. The van der Waals surface area contributed by atoms with Gasteiger partial charge >= 0.3 is 11.8 Å². The Morgan fingerprint density at radius 3 is 2.31 bits per heavy atom. The molecule has 4 aromatic rings. The molecule has 10 heteroatoms. The monoisotopic (exact) mass is 572 g/mol. The van der Waals surface area contributed by atoms with Gasteiger partial charge in [0.25, 0.3) is 5.91 Å². The number of rotatable bonds is 4. The summed E-state index contributed by atoms with van der Waals surface area (Å²) in [6.07, 6.45) is 0. The molecule has 0 saturated carbocycles. The van der Waals surface area contributed by atoms with Crippen molar-refractivity contribution in [3.63, 3.8) is 0 Å². The number of benzene rings is 3. The largest absolute Gasteiger partial charge is 0.328 e. The van der Waals surface area contributed by atoms with Crippen LogP contribution < -0.4 is 16.1 Å². The number of hydrogen-bond acceptors (Lipinski definition) is 3. The van der Waals surface area contributed by atoms with E-state index in [0.29, 0.717) is 32.3 Å². The molecule has 0 fully saturated rings. The predicted molar refractivity (Wildman–Crippen MR) is 143 cm³/mol. The minimum atomic E-state index is -0.969. The maximum Gasteiger partial charge on any atom is 0.328 e. The average molecular weight is 574 g/mol. The summed E-state index contributed by atoms with van der Waals surface area (Å²) in [5.74, 6) is -2.37. The van der Waals surface area contributed by atoms with Gasteiger partial charge in [-0.15, -0.1) is 0 Å². The lowest BCUT2D eigenvalue weighted by Gasteiger charge is -2.14. The zero-order valence-electron chi connectivity index (χ0n) is 18.6. The molecule has 0 aliphatic heterocycles. The maximum atomic E-state index is 13.2. The predicted octanol–water partition coefficient (Wildman–Crippen LogP) is 6.29. The van der Waals surface area contributed by atoms with E-state index < -0.39 is 17.7 Å². The average Bonchev–Trinajstić information content (AvgIpc) is 3.15. The lowest BCUT2D eigenvalue weighted by Crippen LogP contribution is -2.36. The van der Waals surface area contributed by atoms with Crippen LogP contribution in [0.5, 0.6) is 0 Å². The van der Waals surface area contributed by atoms with E-state index in [9.17, 15) is 14.4 Å². The third-order valence-corrected chi connectivity index (χ3v) is 6.42. The zero-order chi connectivity index (χ0) is 25.3. The molecule has 0 atom stereocenters. The molecule has 35 heavy (non-hydrogen) atoms. The molecule has 0 aliphatic rings. The highest BCUT2D eigenvalue weighted by Crippen LogP contribution is 2.25. The van der Waals surface area contributed by atoms with Gasteiger partial charge in [0, 0.05) is 31.3 Å². The second-order valence-corrected chi connectivity index (χ2v) is 9.60. The van der Waals surface area contributed by atoms with E-state index in [0.717, 1.165) is 15.6 Å². The van der Waals surface area contributed by atoms with Crippen LogP contribution in [0.3, 0.4) is 0 Å². The SMILES string of the molecule is Cc1ccc(NC(=O)C(=O)Nn2c(C(=O)Nc3ccc(Br)cc3C)cc3cc(Cl)ccc32)cc1Cl. The highest BCUT2D eigenvalue weighted by molar-refractivity contribution is 9.10. The molecule has 0 saturated heterocycles. The van der Waals surface area contributed by atoms with Crippen molar-refractivity contribution in [1.29, 1.82) is 0 Å². The molecule has 3 amide bonds. The quantitative estimate of drug-likeness (QED) is 0.251. The molecule has 3 aromatic carbocycles. The number of hydrogen-bond donors (Lipinski definition) is 3. The summed E-state index contributed by atoms with van der Waals surface area (Å²) < 4.78 is 2.14. The van der Waals surface area contributed by atoms with Gasteiger partial charge in [-0.1, -0.05) is 45.2 Å². The van der Waals surface area contributed by atoms with E-state index >= 15 is 0 Å². The fourth-order valence-corrected chi connectivity index (χ4v) is 4.27. The Hall–Kier alpha value is -3.33. The number of halogens is 3. The summed E-state index contributed by atoms with van der Waals surface area (Å²) in [5, 5.41) is 6.88. The van der Waals surface area contributed by atoms with Crippen molar-refractivity contribution in [2.24, 2.45) is 0 Å². The first-order valence-electron chi connectivity index (χ1n) is 10.4. The van der Waals surface area contributed by atoms with Crippen LogP contribution in [0.15, 0.2) is 65.1 Å². The minimum Gasteiger partial charge on any atom is -0.320 e. The number of nitrogens with one attached hydrogen (secondary N) is 3. The lowest BCUT2D eigenvalue weighted by atomic mass is 10.2. The highest BCUT2D eigenvalue weighted by Gasteiger charge is 2.22. The molecule has 0 spiro atoms. The van der Waals surface area contributed by atoms with Crippen molar-refractivity contribution in [2.45, 2.75) is 13.8 Å². The van der Waals surface area contributed by atoms with Crippen LogP contribution in [0.25, 0.3) is 10.9 Å². The normalized spacial score (nSPS) is 10.8. The van der Waals surface area contributed by atoms with Gasteiger partial charge in [-0.25, -0.2) is 4.68 Å². The van der Waals surface area contributed by atoms with Crippen LogP contribution in [0.2, 0.25) is 10.0 Å². The Morgan fingerprint density at radius 1 is 0.829 bits per heavy atom. The van der Waals surface area contributed by atoms with Gasteiger partial charge in [0.05, 0.1) is 5.52 Å². The summed E-state index contributed by atoms with van der Waals surface area (Å²) in [5.41, 5.74) is 5.77. The molecule has 4 rings (SSSR count). The number of carbonyl (C=O) groups excluding carboxylic acids is 3. The molecule has 3 N–H and O–H groups in total. The number of fused-ring (bicyclic) bond motifs is 1. The third kappa shape index (κ3) is 5.51. The van der Waals surface area contributed by atoms with Gasteiger partial charge < -0.3 is 10.6 Å². The number of nitrogens with zero attached hydrogens (tertiary/aromatic N) is 1. The molecule has 0 bridgehead atoms. The van der Waals surface area contributed by atoms with Gasteiger partial charge in [-0.3, -0.25) is 19.8 Å². The van der Waals surface area contributed by atoms with Gasteiger partial charge in [-0.05, 0) is 79.6 Å². The van der Waals surface area contributed by atoms with E-state index in [1.807, 2.05) is 19.9 Å². The second kappa shape index (κ2) is 10.1. The number of amides is 3. The molecule has 0 unspecified atom stereocenters. The van der Waals surface area contributed by atoms with Crippen LogP contribution in [0.4, 0.5) is 11.4 Å². The highest BCUT2D eigenvalue weighted by atomic mass is 79.9. The third-order valence-electron chi connectivity index (χ3n) is 5.28. The second-order valence-electron chi connectivity index (χ2n) is 7.84. The topological polar surface area (TPSA) is 92.2 Å². The summed E-state index contributed by atoms with van der Waals surface area (Å²) in [7, 11) is 0. The van der Waals surface area contributed by atoms with Gasteiger partial charge in [-0.2, -0.15) is 0 Å². The smallest absolute Gasteiger partial charge is 0.320 e. The fraction of sp³-hybridized carbons (Fsp3) is 0.0800. The van der Waals surface area contributed by atoms with Crippen molar-refractivity contribution in [1.82, 2.24) is 4.68 Å². The van der Waals surface area contributed by atoms with E-state index in [4.69, 9.17) is 23.2 Å². The van der Waals surface area contributed by atoms with Crippen LogP contribution >= 0.6 is 39.1 Å². The first-order valence-corrected chi connectivity index (χ1v) is 11.9. The van der Waals surface area contributed by atoms with E-state index in [1.54, 1.807) is 54.6 Å². The standard InChI is InChI=1S/C25H19BrCl2N4O3/c1-13-3-6-18(12-19(13)28)29-24(34)25(35)31-32-21-8-5-17(27)10-15(21)11-22(32)23(33)30-20-7-4-16(26)9-14(20)2/h3-12H,1-2H3,(H,29,34)(H,30,33)(H,31,35). The molecular weight excluding hydrogens is 555 g/mol. The zero-order valence-corrected chi connectivity index (χ0v) is 21.7.